The van der Waals surface area contributed by atoms with Crippen LogP contribution in [-0.2, 0) is 0 Å². The second-order valence-corrected chi connectivity index (χ2v) is 16.9. The molecule has 6 heterocycles. The molecule has 16 heteroatoms. The normalized spacial score (nSPS) is 16.5. The molecule has 4 aliphatic heterocycles. The van der Waals surface area contributed by atoms with Gasteiger partial charge in [0.2, 0.25) is 11.9 Å². The van der Waals surface area contributed by atoms with Gasteiger partial charge in [-0.15, -0.1) is 0 Å². The third-order valence-corrected chi connectivity index (χ3v) is 12.3. The topological polar surface area (TPSA) is 179 Å². The lowest BCUT2D eigenvalue weighted by Gasteiger charge is -2.44. The molecule has 4 aliphatic rings. The summed E-state index contributed by atoms with van der Waals surface area (Å²) in [5.74, 6) is 3.09. The van der Waals surface area contributed by atoms with E-state index in [1.54, 1.807) is 55.1 Å². The molecule has 2 saturated heterocycles. The fourth-order valence-corrected chi connectivity index (χ4v) is 8.72. The van der Waals surface area contributed by atoms with Crippen LogP contribution in [0.25, 0.3) is 16.0 Å². The Kier molecular flexibility index (Phi) is 13.1. The number of carbonyl (C=O) groups excluding carboxylic acids is 2. The van der Waals surface area contributed by atoms with Crippen molar-refractivity contribution in [1.82, 2.24) is 19.9 Å². The first-order valence-electron chi connectivity index (χ1n) is 20.8. The number of hydrogen-bond acceptors (Lipinski definition) is 13. The molecule has 0 unspecified atom stereocenters. The number of anilines is 2. The van der Waals surface area contributed by atoms with Crippen molar-refractivity contribution in [3.8, 4) is 28.7 Å². The molecule has 64 heavy (non-hydrogen) atoms. The van der Waals surface area contributed by atoms with Gasteiger partial charge < -0.3 is 29.3 Å². The highest BCUT2D eigenvalue weighted by Crippen LogP contribution is 2.42. The van der Waals surface area contributed by atoms with Crippen molar-refractivity contribution in [3.05, 3.63) is 154 Å². The lowest BCUT2D eigenvalue weighted by molar-refractivity contribution is 0.0222. The van der Waals surface area contributed by atoms with E-state index in [0.29, 0.717) is 52.2 Å². The lowest BCUT2D eigenvalue weighted by Crippen LogP contribution is -2.51. The fraction of sp³-hybridized carbons (Fsp3) is 0.250. The van der Waals surface area contributed by atoms with Crippen LogP contribution >= 0.6 is 15.9 Å². The Morgan fingerprint density at radius 3 is 1.72 bits per heavy atom. The number of ketones is 2. The number of nitrogens with zero attached hydrogens (tertiary/aromatic N) is 8. The Morgan fingerprint density at radius 2 is 1.19 bits per heavy atom. The number of carbonyl (C=O) groups is 2. The number of aromatic nitrogens is 4. The van der Waals surface area contributed by atoms with Gasteiger partial charge in [0, 0.05) is 81.1 Å². The quantitative estimate of drug-likeness (QED) is 0.134. The molecule has 0 saturated carbocycles. The summed E-state index contributed by atoms with van der Waals surface area (Å²) >= 11 is 3.41. The van der Waals surface area contributed by atoms with Crippen molar-refractivity contribution < 1.29 is 29.1 Å². The monoisotopic (exact) mass is 916 g/mol. The number of rotatable bonds is 4. The van der Waals surface area contributed by atoms with E-state index < -0.39 is 12.7 Å². The highest BCUT2D eigenvalue weighted by atomic mass is 79.9. The van der Waals surface area contributed by atoms with Crippen LogP contribution in [0.2, 0.25) is 0 Å². The average Bonchev–Trinajstić information content (AvgIpc) is 3.33. The first kappa shape index (κ1) is 43.7. The molecular formula is C48H42BBrN8O6. The third kappa shape index (κ3) is 9.95. The van der Waals surface area contributed by atoms with Crippen LogP contribution in [0.15, 0.2) is 126 Å². The Hall–Kier alpha value is -6.98. The Labute approximate surface area is 379 Å². The summed E-state index contributed by atoms with van der Waals surface area (Å²) < 4.78 is 13.6. The molecule has 0 aliphatic carbocycles. The van der Waals surface area contributed by atoms with Crippen molar-refractivity contribution in [2.45, 2.75) is 49.7 Å². The number of fused-ring (bicyclic) bond motifs is 2. The molecule has 320 valence electrons. The van der Waals surface area contributed by atoms with Crippen LogP contribution < -0.4 is 24.7 Å². The minimum Gasteiger partial charge on any atom is -0.486 e. The van der Waals surface area contributed by atoms with E-state index in [1.165, 1.54) is 6.07 Å². The second kappa shape index (κ2) is 19.2. The van der Waals surface area contributed by atoms with Crippen molar-refractivity contribution in [3.63, 3.8) is 0 Å². The Bertz CT molecular complexity index is 2730. The molecule has 0 bridgehead atoms. The minimum atomic E-state index is -1.49. The summed E-state index contributed by atoms with van der Waals surface area (Å²) in [7, 11) is -1.49. The first-order valence-corrected chi connectivity index (χ1v) is 21.6. The van der Waals surface area contributed by atoms with Crippen LogP contribution in [0.4, 0.5) is 17.6 Å². The summed E-state index contributed by atoms with van der Waals surface area (Å²) in [6.07, 6.45) is 10.9. The zero-order valence-corrected chi connectivity index (χ0v) is 36.3. The molecule has 0 amide bonds. The van der Waals surface area contributed by atoms with Gasteiger partial charge in [-0.1, -0.05) is 58.4 Å². The maximum Gasteiger partial charge on any atom is 0.487 e. The zero-order chi connectivity index (χ0) is 44.7. The van der Waals surface area contributed by atoms with Gasteiger partial charge in [-0.2, -0.15) is 5.26 Å². The highest BCUT2D eigenvalue weighted by molar-refractivity contribution is 9.10. The van der Waals surface area contributed by atoms with Crippen LogP contribution in [0.1, 0.15) is 64.8 Å². The molecule has 6 aromatic rings. The largest absolute Gasteiger partial charge is 0.487 e. The van der Waals surface area contributed by atoms with Crippen molar-refractivity contribution in [2.24, 2.45) is 0 Å². The summed E-state index contributed by atoms with van der Waals surface area (Å²) in [6.45, 7) is 9.74. The van der Waals surface area contributed by atoms with E-state index in [9.17, 15) is 9.59 Å². The van der Waals surface area contributed by atoms with Gasteiger partial charge in [0.1, 0.15) is 22.7 Å². The van der Waals surface area contributed by atoms with Crippen LogP contribution in [-0.4, -0.2) is 86.0 Å². The average molecular weight is 918 g/mol. The SMILES string of the molecule is N#Cc1cccc(-c2ccc3c(c2)C(=O)CC2(CCN(c4ncccn4)CC2)O3)c1.O=C1CC2(CCN(c3ncccn3)CC2)Oc2ccc(Br)cc21.[C-]#[N+]c1cccc(B(O)O)c1. The van der Waals surface area contributed by atoms with Gasteiger partial charge in [0.15, 0.2) is 17.3 Å². The minimum absolute atomic E-state index is 0.110. The zero-order valence-electron chi connectivity index (χ0n) is 34.7. The summed E-state index contributed by atoms with van der Waals surface area (Å²) in [5.41, 5.74) is 3.64. The van der Waals surface area contributed by atoms with Crippen molar-refractivity contribution >= 4 is 57.7 Å². The van der Waals surface area contributed by atoms with E-state index in [2.05, 4.69) is 56.6 Å². The van der Waals surface area contributed by atoms with Gasteiger partial charge in [0.05, 0.1) is 42.2 Å². The molecule has 14 nitrogen and oxygen atoms in total. The van der Waals surface area contributed by atoms with Crippen molar-refractivity contribution in [1.29, 1.82) is 5.26 Å². The Balaban J connectivity index is 0.000000145. The molecule has 10 rings (SSSR count). The molecule has 2 N–H and O–H groups in total. The number of hydrogen-bond donors (Lipinski definition) is 2. The summed E-state index contributed by atoms with van der Waals surface area (Å²) in [6, 6.07) is 30.8. The van der Waals surface area contributed by atoms with Crippen LogP contribution in [0, 0.1) is 17.9 Å². The third-order valence-electron chi connectivity index (χ3n) is 11.8. The van der Waals surface area contributed by atoms with E-state index in [1.807, 2.05) is 60.7 Å². The lowest BCUT2D eigenvalue weighted by atomic mass is 9.80. The molecule has 0 atom stereocenters. The maximum absolute atomic E-state index is 13.0. The standard InChI is InChI=1S/C24H20N4O2.C17H16BrN3O2.C7H6BNO2/c25-16-17-3-1-4-18(13-17)19-5-6-22-20(14-19)21(29)15-24(30-22)7-11-28(12-8-24)23-26-9-2-10-27-23;18-12-2-3-15-13(10-12)14(22)11-17(23-15)4-8-21(9-5-17)16-19-6-1-7-20-16;1-9-7-4-2-3-6(5-7)8(10)11/h1-6,9-10,13-14H,7-8,11-12,15H2;1-3,6-7,10H,4-5,8-9,11H2;2-5,10-11H. The van der Waals surface area contributed by atoms with Gasteiger partial charge in [-0.3, -0.25) is 9.59 Å². The van der Waals surface area contributed by atoms with Gasteiger partial charge in [0.25, 0.3) is 0 Å². The summed E-state index contributed by atoms with van der Waals surface area (Å²) in [4.78, 5) is 50.2. The predicted octanol–water partition coefficient (Wildman–Crippen LogP) is 7.18. The predicted molar refractivity (Wildman–Crippen MR) is 245 cm³/mol. The number of Topliss-reactive ketones (excluding diaryl/α,β-unsaturated/α-hetero) is 2. The Morgan fingerprint density at radius 1 is 0.672 bits per heavy atom. The number of piperidine rings is 2. The van der Waals surface area contributed by atoms with E-state index in [0.717, 1.165) is 79.4 Å². The number of ether oxygens (including phenoxy) is 2. The fourth-order valence-electron chi connectivity index (χ4n) is 8.36. The molecule has 4 aromatic carbocycles. The number of halogens is 1. The molecular weight excluding hydrogens is 875 g/mol. The van der Waals surface area contributed by atoms with Gasteiger partial charge in [-0.05, 0) is 71.2 Å². The van der Waals surface area contributed by atoms with Crippen molar-refractivity contribution in [2.75, 3.05) is 36.0 Å². The molecule has 2 spiro atoms. The maximum atomic E-state index is 13.0. The molecule has 2 fully saturated rings. The number of nitriles is 1. The van der Waals surface area contributed by atoms with E-state index in [4.69, 9.17) is 31.4 Å². The second-order valence-electron chi connectivity index (χ2n) is 16.0. The van der Waals surface area contributed by atoms with E-state index >= 15 is 0 Å². The van der Waals surface area contributed by atoms with Crippen LogP contribution in [0.3, 0.4) is 0 Å². The smallest absolute Gasteiger partial charge is 0.486 e. The van der Waals surface area contributed by atoms with Gasteiger partial charge >= 0.3 is 7.12 Å². The summed E-state index contributed by atoms with van der Waals surface area (Å²) in [5, 5.41) is 26.5. The van der Waals surface area contributed by atoms with Crippen LogP contribution in [0.5, 0.6) is 11.5 Å². The first-order chi connectivity index (χ1) is 31.0. The highest BCUT2D eigenvalue weighted by Gasteiger charge is 2.44. The van der Waals surface area contributed by atoms with E-state index in [-0.39, 0.29) is 17.2 Å². The molecule has 0 radical (unpaired) electrons. The van der Waals surface area contributed by atoms with Gasteiger partial charge in [-0.25, -0.2) is 24.8 Å². The number of benzene rings is 4. The molecule has 2 aromatic heterocycles.